The fourth-order valence-electron chi connectivity index (χ4n) is 1.35. The van der Waals surface area contributed by atoms with E-state index in [1.54, 1.807) is 0 Å². The van der Waals surface area contributed by atoms with Crippen molar-refractivity contribution in [3.05, 3.63) is 47.0 Å². The molecular weight excluding hydrogens is 287 g/mol. The molecule has 1 aromatic heterocycles. The summed E-state index contributed by atoms with van der Waals surface area (Å²) in [4.78, 5) is 11.5. The van der Waals surface area contributed by atoms with Crippen molar-refractivity contribution in [3.63, 3.8) is 0 Å². The van der Waals surface area contributed by atoms with Crippen molar-refractivity contribution in [2.75, 3.05) is 0 Å². The third-order valence-electron chi connectivity index (χ3n) is 2.30. The molecule has 1 heterocycles. The maximum Gasteiger partial charge on any atom is 0.346 e. The predicted octanol–water partition coefficient (Wildman–Crippen LogP) is 2.33. The predicted molar refractivity (Wildman–Crippen MR) is 54.4 cm³/mol. The Hall–Kier alpha value is -2.45. The van der Waals surface area contributed by atoms with Gasteiger partial charge in [0.15, 0.2) is 0 Å². The Kier molecular flexibility index (Phi) is 3.43. The summed E-state index contributed by atoms with van der Waals surface area (Å²) in [6.07, 6.45) is 2.16. The third kappa shape index (κ3) is 2.22. The lowest BCUT2D eigenvalue weighted by molar-refractivity contribution is 0.0716. The lowest BCUT2D eigenvalue weighted by atomic mass is 10.2. The highest BCUT2D eigenvalue weighted by Gasteiger charge is 2.29. The Bertz CT molecular complexity index is 669. The van der Waals surface area contributed by atoms with Crippen LogP contribution >= 0.6 is 0 Å². The summed E-state index contributed by atoms with van der Waals surface area (Å²) >= 11 is 0. The van der Waals surface area contributed by atoms with Gasteiger partial charge in [0.05, 0.1) is 11.8 Å². The first-order valence-electron chi connectivity index (χ1n) is 5.05. The van der Waals surface area contributed by atoms with Gasteiger partial charge in [-0.1, -0.05) is 0 Å². The molecule has 0 saturated heterocycles. The van der Waals surface area contributed by atoms with Crippen LogP contribution in [-0.2, 0) is 7.05 Å². The summed E-state index contributed by atoms with van der Waals surface area (Å²) in [7, 11) is 1.45. The summed E-state index contributed by atoms with van der Waals surface area (Å²) in [5, 5.41) is 3.59. The highest BCUT2D eigenvalue weighted by Crippen LogP contribution is 2.29. The molecule has 0 saturated carbocycles. The zero-order valence-corrected chi connectivity index (χ0v) is 9.76. The SMILES string of the molecule is Cn1cc(C(=O)Oc2c(F)c(F)c(F)c(F)c2F)cn1. The van der Waals surface area contributed by atoms with Crippen LogP contribution in [0, 0.1) is 29.1 Å². The van der Waals surface area contributed by atoms with Crippen molar-refractivity contribution in [2.24, 2.45) is 7.05 Å². The molecule has 4 nitrogen and oxygen atoms in total. The number of rotatable bonds is 2. The fraction of sp³-hybridized carbons (Fsp3) is 0.0909. The quantitative estimate of drug-likeness (QED) is 0.280. The summed E-state index contributed by atoms with van der Waals surface area (Å²) in [6.45, 7) is 0. The first kappa shape index (κ1) is 14.0. The van der Waals surface area contributed by atoms with Crippen LogP contribution in [0.5, 0.6) is 5.75 Å². The van der Waals surface area contributed by atoms with Crippen molar-refractivity contribution in [3.8, 4) is 5.75 Å². The van der Waals surface area contributed by atoms with Gasteiger partial charge in [0.1, 0.15) is 0 Å². The van der Waals surface area contributed by atoms with E-state index in [2.05, 4.69) is 9.84 Å². The van der Waals surface area contributed by atoms with Gasteiger partial charge in [-0.25, -0.2) is 18.0 Å². The number of carbonyl (C=O) groups excluding carboxylic acids is 1. The van der Waals surface area contributed by atoms with Crippen molar-refractivity contribution < 1.29 is 31.5 Å². The second kappa shape index (κ2) is 4.91. The average Bonchev–Trinajstić information content (AvgIpc) is 2.85. The van der Waals surface area contributed by atoms with Gasteiger partial charge in [-0.15, -0.1) is 0 Å². The minimum atomic E-state index is -2.33. The molecule has 0 fully saturated rings. The molecule has 2 aromatic rings. The number of carbonyl (C=O) groups is 1. The molecule has 20 heavy (non-hydrogen) atoms. The van der Waals surface area contributed by atoms with Gasteiger partial charge in [0, 0.05) is 13.2 Å². The molecule has 0 spiro atoms. The van der Waals surface area contributed by atoms with E-state index in [0.29, 0.717) is 0 Å². The van der Waals surface area contributed by atoms with E-state index < -0.39 is 40.8 Å². The Morgan fingerprint density at radius 3 is 2.00 bits per heavy atom. The number of hydrogen-bond donors (Lipinski definition) is 0. The Morgan fingerprint density at radius 1 is 1.05 bits per heavy atom. The first-order chi connectivity index (χ1) is 9.32. The molecule has 106 valence electrons. The van der Waals surface area contributed by atoms with Gasteiger partial charge >= 0.3 is 5.97 Å². The second-order valence-corrected chi connectivity index (χ2v) is 3.69. The summed E-state index contributed by atoms with van der Waals surface area (Å²) in [6, 6.07) is 0. The number of esters is 1. The van der Waals surface area contributed by atoms with Gasteiger partial charge in [-0.05, 0) is 0 Å². The van der Waals surface area contributed by atoms with Crippen LogP contribution in [0.25, 0.3) is 0 Å². The van der Waals surface area contributed by atoms with Crippen molar-refractivity contribution >= 4 is 5.97 Å². The summed E-state index contributed by atoms with van der Waals surface area (Å²) in [5.74, 6) is -14.1. The molecule has 0 amide bonds. The van der Waals surface area contributed by atoms with Crippen LogP contribution in [0.4, 0.5) is 22.0 Å². The normalized spacial score (nSPS) is 10.7. The largest absolute Gasteiger partial charge is 0.416 e. The first-order valence-corrected chi connectivity index (χ1v) is 5.05. The average molecular weight is 292 g/mol. The monoisotopic (exact) mass is 292 g/mol. The summed E-state index contributed by atoms with van der Waals surface area (Å²) < 4.78 is 70.5. The molecular formula is C11H5F5N2O2. The standard InChI is InChI=1S/C11H5F5N2O2/c1-18-3-4(2-17-18)11(19)20-10-8(15)6(13)5(12)7(14)9(10)16/h2-3H,1H3. The third-order valence-corrected chi connectivity index (χ3v) is 2.30. The molecule has 0 radical (unpaired) electrons. The fourth-order valence-corrected chi connectivity index (χ4v) is 1.35. The molecule has 0 aliphatic heterocycles. The van der Waals surface area contributed by atoms with Crippen LogP contribution in [0.3, 0.4) is 0 Å². The minimum Gasteiger partial charge on any atom is -0.416 e. The van der Waals surface area contributed by atoms with Gasteiger partial charge in [0.25, 0.3) is 0 Å². The van der Waals surface area contributed by atoms with E-state index in [1.165, 1.54) is 11.7 Å². The molecule has 2 rings (SSSR count). The Morgan fingerprint density at radius 2 is 1.55 bits per heavy atom. The zero-order chi connectivity index (χ0) is 15.0. The molecule has 0 aliphatic rings. The second-order valence-electron chi connectivity index (χ2n) is 3.69. The topological polar surface area (TPSA) is 44.1 Å². The minimum absolute atomic E-state index is 0.212. The van der Waals surface area contributed by atoms with E-state index in [9.17, 15) is 26.7 Å². The number of nitrogens with zero attached hydrogens (tertiary/aromatic N) is 2. The van der Waals surface area contributed by atoms with E-state index >= 15 is 0 Å². The van der Waals surface area contributed by atoms with E-state index in [4.69, 9.17) is 0 Å². The maximum atomic E-state index is 13.3. The Labute approximate surface area is 108 Å². The smallest absolute Gasteiger partial charge is 0.346 e. The van der Waals surface area contributed by atoms with E-state index in [-0.39, 0.29) is 5.56 Å². The number of aryl methyl sites for hydroxylation is 1. The van der Waals surface area contributed by atoms with E-state index in [1.807, 2.05) is 0 Å². The molecule has 1 aromatic carbocycles. The number of benzene rings is 1. The lowest BCUT2D eigenvalue weighted by Gasteiger charge is -2.07. The van der Waals surface area contributed by atoms with Crippen LogP contribution in [0.2, 0.25) is 0 Å². The molecule has 0 N–H and O–H groups in total. The maximum absolute atomic E-state index is 13.3. The van der Waals surface area contributed by atoms with Crippen molar-refractivity contribution in [2.45, 2.75) is 0 Å². The Balaban J connectivity index is 2.42. The number of halogens is 5. The highest BCUT2D eigenvalue weighted by molar-refractivity contribution is 5.90. The van der Waals surface area contributed by atoms with Crippen LogP contribution in [0.15, 0.2) is 12.4 Å². The molecule has 0 aliphatic carbocycles. The molecule has 9 heteroatoms. The van der Waals surface area contributed by atoms with Gasteiger partial charge < -0.3 is 4.74 Å². The molecule has 0 unspecified atom stereocenters. The summed E-state index contributed by atoms with van der Waals surface area (Å²) in [5.41, 5.74) is -0.212. The molecule has 0 atom stereocenters. The highest BCUT2D eigenvalue weighted by atomic mass is 19.2. The van der Waals surface area contributed by atoms with Crippen molar-refractivity contribution in [1.82, 2.24) is 9.78 Å². The van der Waals surface area contributed by atoms with Crippen LogP contribution in [0.1, 0.15) is 10.4 Å². The van der Waals surface area contributed by atoms with Crippen molar-refractivity contribution in [1.29, 1.82) is 0 Å². The zero-order valence-electron chi connectivity index (χ0n) is 9.76. The van der Waals surface area contributed by atoms with Gasteiger partial charge in [-0.2, -0.15) is 13.9 Å². The molecule has 0 bridgehead atoms. The number of aromatic nitrogens is 2. The lowest BCUT2D eigenvalue weighted by Crippen LogP contribution is -2.13. The van der Waals surface area contributed by atoms with Gasteiger partial charge in [-0.3, -0.25) is 4.68 Å². The van der Waals surface area contributed by atoms with Crippen LogP contribution in [-0.4, -0.2) is 15.7 Å². The van der Waals surface area contributed by atoms with E-state index in [0.717, 1.165) is 12.4 Å². The van der Waals surface area contributed by atoms with Gasteiger partial charge in [0.2, 0.25) is 34.8 Å². The number of hydrogen-bond acceptors (Lipinski definition) is 3. The van der Waals surface area contributed by atoms with Crippen LogP contribution < -0.4 is 4.74 Å². The number of ether oxygens (including phenoxy) is 1.